The van der Waals surface area contributed by atoms with Crippen molar-refractivity contribution in [2.24, 2.45) is 28.6 Å². The number of aromatic nitrogens is 3. The molecule has 9 rings (SSSR count). The second-order valence-corrected chi connectivity index (χ2v) is 18.0. The summed E-state index contributed by atoms with van der Waals surface area (Å²) in [5.41, 5.74) is 11.0. The van der Waals surface area contributed by atoms with Crippen LogP contribution in [-0.2, 0) is 11.4 Å². The first-order valence-electron chi connectivity index (χ1n) is 21.3. The second-order valence-electron chi connectivity index (χ2n) is 18.0. The molecule has 4 bridgehead atoms. The molecule has 0 radical (unpaired) electrons. The SMILES string of the molecule is N#Cc1cc(-c2cnc(N)c(OCc3ccncc3)n2)ccc1N1CCC2(CCN(CCCCCCCC(=O)NCC34CC5CC(CC(C5)C3)C4)CC2)CC1. The van der Waals surface area contributed by atoms with Crippen LogP contribution in [0.4, 0.5) is 11.5 Å². The number of ether oxygens (including phenoxy) is 1. The van der Waals surface area contributed by atoms with Crippen molar-refractivity contribution in [1.29, 1.82) is 5.26 Å². The number of unbranched alkanes of at least 4 members (excludes halogenated alkanes) is 4. The van der Waals surface area contributed by atoms with Gasteiger partial charge in [0.25, 0.3) is 5.88 Å². The quantitative estimate of drug-likeness (QED) is 0.149. The number of nitrogens with zero attached hydrogens (tertiary/aromatic N) is 6. The van der Waals surface area contributed by atoms with Gasteiger partial charge in [-0.25, -0.2) is 9.97 Å². The van der Waals surface area contributed by atoms with Crippen molar-refractivity contribution in [2.45, 2.75) is 109 Å². The molecule has 10 heteroatoms. The molecule has 55 heavy (non-hydrogen) atoms. The molecule has 6 fully saturated rings. The summed E-state index contributed by atoms with van der Waals surface area (Å²) < 4.78 is 5.88. The number of nitrogens with one attached hydrogen (secondary N) is 1. The molecule has 3 aromatic rings. The maximum absolute atomic E-state index is 12.7. The van der Waals surface area contributed by atoms with E-state index < -0.39 is 0 Å². The minimum atomic E-state index is 0.230. The number of carbonyl (C=O) groups excluding carboxylic acids is 1. The van der Waals surface area contributed by atoms with Crippen molar-refractivity contribution < 1.29 is 9.53 Å². The molecule has 10 nitrogen and oxygen atoms in total. The summed E-state index contributed by atoms with van der Waals surface area (Å²) in [6, 6.07) is 12.2. The van der Waals surface area contributed by atoms with Gasteiger partial charge in [0.2, 0.25) is 5.91 Å². The van der Waals surface area contributed by atoms with Gasteiger partial charge < -0.3 is 25.6 Å². The maximum atomic E-state index is 12.7. The number of nitriles is 1. The summed E-state index contributed by atoms with van der Waals surface area (Å²) in [7, 11) is 0. The fourth-order valence-electron chi connectivity index (χ4n) is 11.3. The molecule has 4 aliphatic carbocycles. The minimum absolute atomic E-state index is 0.230. The van der Waals surface area contributed by atoms with E-state index >= 15 is 0 Å². The summed E-state index contributed by atoms with van der Waals surface area (Å²) >= 11 is 0. The highest BCUT2D eigenvalue weighted by atomic mass is 16.5. The lowest BCUT2D eigenvalue weighted by molar-refractivity contribution is -0.123. The zero-order valence-corrected chi connectivity index (χ0v) is 32.7. The topological polar surface area (TPSA) is 133 Å². The molecule has 292 valence electrons. The number of benzene rings is 1. The largest absolute Gasteiger partial charge is 0.470 e. The van der Waals surface area contributed by atoms with Crippen LogP contribution in [0.25, 0.3) is 11.3 Å². The Kier molecular flexibility index (Phi) is 11.6. The monoisotopic (exact) mass is 744 g/mol. The number of piperidine rings is 2. The summed E-state index contributed by atoms with van der Waals surface area (Å²) in [6.45, 7) is 6.79. The molecule has 2 aliphatic heterocycles. The van der Waals surface area contributed by atoms with E-state index in [4.69, 9.17) is 10.5 Å². The Labute approximate surface area is 327 Å². The lowest BCUT2D eigenvalue weighted by Crippen LogP contribution is -2.51. The van der Waals surface area contributed by atoms with Crippen molar-refractivity contribution >= 4 is 17.4 Å². The summed E-state index contributed by atoms with van der Waals surface area (Å²) in [5.74, 6) is 3.64. The normalized spacial score (nSPS) is 25.5. The lowest BCUT2D eigenvalue weighted by atomic mass is 9.49. The number of hydrogen-bond acceptors (Lipinski definition) is 9. The van der Waals surface area contributed by atoms with Gasteiger partial charge in [-0.05, 0) is 155 Å². The van der Waals surface area contributed by atoms with E-state index in [9.17, 15) is 10.1 Å². The summed E-state index contributed by atoms with van der Waals surface area (Å²) in [6.07, 6.45) is 25.1. The maximum Gasteiger partial charge on any atom is 0.258 e. The van der Waals surface area contributed by atoms with E-state index in [1.54, 1.807) is 18.6 Å². The molecule has 1 spiro atoms. The Morgan fingerprint density at radius 3 is 2.29 bits per heavy atom. The van der Waals surface area contributed by atoms with Crippen molar-refractivity contribution in [3.8, 4) is 23.2 Å². The first-order chi connectivity index (χ1) is 26.9. The first-order valence-corrected chi connectivity index (χ1v) is 21.3. The first kappa shape index (κ1) is 37.7. The van der Waals surface area contributed by atoms with E-state index in [1.807, 2.05) is 24.3 Å². The van der Waals surface area contributed by atoms with Crippen LogP contribution in [0.2, 0.25) is 0 Å². The van der Waals surface area contributed by atoms with E-state index in [1.165, 1.54) is 110 Å². The molecule has 4 heterocycles. The number of nitrogen functional groups attached to an aromatic ring is 1. The van der Waals surface area contributed by atoms with Crippen LogP contribution < -0.4 is 20.7 Å². The smallest absolute Gasteiger partial charge is 0.258 e. The highest BCUT2D eigenvalue weighted by Gasteiger charge is 2.50. The standard InChI is InChI=1S/C45H60N8O2/c46-29-38-25-37(39-30-49-42(47)43(51-39)55-31-33-9-15-48-16-10-33)7-8-40(38)53-20-13-44(14-21-53)11-18-52(19-12-44)17-5-3-1-2-4-6-41(54)50-32-45-26-34-22-35(27-45)24-36(23-34)28-45/h7-10,15-16,25,30,34-36H,1-6,11-14,17-24,26-28,31-32H2,(H2,47,49)(H,50,54). The van der Waals surface area contributed by atoms with Crippen LogP contribution in [0.3, 0.4) is 0 Å². The number of nitrogens with two attached hydrogens (primary N) is 1. The van der Waals surface area contributed by atoms with Gasteiger partial charge in [-0.1, -0.05) is 25.3 Å². The predicted molar refractivity (Wildman–Crippen MR) is 216 cm³/mol. The van der Waals surface area contributed by atoms with E-state index in [0.29, 0.717) is 35.1 Å². The number of pyridine rings is 1. The van der Waals surface area contributed by atoms with Crippen molar-refractivity contribution in [1.82, 2.24) is 25.2 Å². The summed E-state index contributed by atoms with van der Waals surface area (Å²) in [4.78, 5) is 30.7. The third-order valence-corrected chi connectivity index (χ3v) is 14.1. The number of hydrogen-bond donors (Lipinski definition) is 2. The van der Waals surface area contributed by atoms with Gasteiger partial charge in [0, 0.05) is 44.0 Å². The van der Waals surface area contributed by atoms with Gasteiger partial charge in [0.15, 0.2) is 5.82 Å². The van der Waals surface area contributed by atoms with Gasteiger partial charge in [-0.15, -0.1) is 0 Å². The molecule has 2 saturated heterocycles. The fraction of sp³-hybridized carbons (Fsp3) is 0.622. The van der Waals surface area contributed by atoms with Crippen LogP contribution in [0, 0.1) is 39.9 Å². The molecule has 0 atom stereocenters. The predicted octanol–water partition coefficient (Wildman–Crippen LogP) is 7.93. The number of likely N-dealkylation sites (tertiary alicyclic amines) is 1. The van der Waals surface area contributed by atoms with Crippen LogP contribution in [0.5, 0.6) is 5.88 Å². The molecular weight excluding hydrogens is 685 g/mol. The van der Waals surface area contributed by atoms with E-state index in [0.717, 1.165) is 60.6 Å². The van der Waals surface area contributed by atoms with Gasteiger partial charge >= 0.3 is 0 Å². The van der Waals surface area contributed by atoms with Crippen LogP contribution in [0.1, 0.15) is 114 Å². The fourth-order valence-corrected chi connectivity index (χ4v) is 11.3. The van der Waals surface area contributed by atoms with Crippen LogP contribution in [0.15, 0.2) is 48.9 Å². The molecule has 4 saturated carbocycles. The van der Waals surface area contributed by atoms with Crippen LogP contribution >= 0.6 is 0 Å². The molecule has 1 amide bonds. The Bertz CT molecular complexity index is 1770. The van der Waals surface area contributed by atoms with Gasteiger partial charge in [0.1, 0.15) is 12.7 Å². The molecule has 0 unspecified atom stereocenters. The number of anilines is 2. The number of rotatable bonds is 15. The van der Waals surface area contributed by atoms with Crippen LogP contribution in [-0.4, -0.2) is 65.0 Å². The highest BCUT2D eigenvalue weighted by Crippen LogP contribution is 2.59. The molecule has 1 aromatic carbocycles. The lowest BCUT2D eigenvalue weighted by Gasteiger charge is -2.56. The van der Waals surface area contributed by atoms with Gasteiger partial charge in [-0.2, -0.15) is 5.26 Å². The Hall–Kier alpha value is -4.23. The number of carbonyl (C=O) groups is 1. The van der Waals surface area contributed by atoms with Crippen molar-refractivity contribution in [2.75, 3.05) is 49.9 Å². The second kappa shape index (κ2) is 16.9. The third kappa shape index (κ3) is 9.09. The number of amides is 1. The van der Waals surface area contributed by atoms with Crippen molar-refractivity contribution in [3.63, 3.8) is 0 Å². The average molecular weight is 745 g/mol. The molecule has 2 aromatic heterocycles. The van der Waals surface area contributed by atoms with Gasteiger partial charge in [-0.3, -0.25) is 9.78 Å². The molecule has 3 N–H and O–H groups in total. The average Bonchev–Trinajstić information content (AvgIpc) is 3.20. The Morgan fingerprint density at radius 2 is 1.58 bits per heavy atom. The van der Waals surface area contributed by atoms with Gasteiger partial charge in [0.05, 0.1) is 23.1 Å². The Morgan fingerprint density at radius 1 is 0.909 bits per heavy atom. The molecule has 6 aliphatic rings. The zero-order valence-electron chi connectivity index (χ0n) is 32.7. The van der Waals surface area contributed by atoms with Crippen molar-refractivity contribution in [3.05, 3.63) is 60.0 Å². The zero-order chi connectivity index (χ0) is 37.7. The Balaban J connectivity index is 0.719. The third-order valence-electron chi connectivity index (χ3n) is 14.1. The minimum Gasteiger partial charge on any atom is -0.470 e. The van der Waals surface area contributed by atoms with E-state index in [-0.39, 0.29) is 17.6 Å². The van der Waals surface area contributed by atoms with E-state index in [2.05, 4.69) is 42.2 Å². The highest BCUT2D eigenvalue weighted by molar-refractivity contribution is 5.75. The summed E-state index contributed by atoms with van der Waals surface area (Å²) in [5, 5.41) is 13.5. The molecular formula is C45H60N8O2.